The second kappa shape index (κ2) is 9.39. The van der Waals surface area contributed by atoms with Crippen molar-refractivity contribution in [3.63, 3.8) is 0 Å². The summed E-state index contributed by atoms with van der Waals surface area (Å²) in [6.45, 7) is 5.67. The number of nitrogens with zero attached hydrogens (tertiary/aromatic N) is 3. The van der Waals surface area contributed by atoms with Gasteiger partial charge in [-0.25, -0.2) is 0 Å². The minimum Gasteiger partial charge on any atom is -0.362 e. The van der Waals surface area contributed by atoms with Crippen molar-refractivity contribution in [1.82, 2.24) is 10.2 Å². The zero-order chi connectivity index (χ0) is 21.7. The van der Waals surface area contributed by atoms with E-state index in [1.807, 2.05) is 24.8 Å². The third kappa shape index (κ3) is 4.76. The van der Waals surface area contributed by atoms with Gasteiger partial charge in [0.1, 0.15) is 11.7 Å². The van der Waals surface area contributed by atoms with Gasteiger partial charge in [0.2, 0.25) is 5.91 Å². The lowest BCUT2D eigenvalue weighted by Crippen LogP contribution is -2.56. The van der Waals surface area contributed by atoms with Gasteiger partial charge < -0.3 is 15.1 Å². The van der Waals surface area contributed by atoms with Gasteiger partial charge in [-0.2, -0.15) is 0 Å². The Kier molecular flexibility index (Phi) is 6.66. The van der Waals surface area contributed by atoms with E-state index in [1.54, 1.807) is 47.4 Å². The standard InChI is InChI=1S/C22H26N4O4/c1-16(2)20(23-21(27)17-8-4-3-5-9-17)22(28)25-14-12-24(13-15-25)18-10-6-7-11-19(18)26(29)30/h3-11,16,20H,12-15H2,1-2H3,(H,23,27). The first-order valence-electron chi connectivity index (χ1n) is 10.0. The van der Waals surface area contributed by atoms with Crippen LogP contribution >= 0.6 is 0 Å². The topological polar surface area (TPSA) is 95.8 Å². The van der Waals surface area contributed by atoms with Gasteiger partial charge in [0.05, 0.1) is 4.92 Å². The van der Waals surface area contributed by atoms with E-state index >= 15 is 0 Å². The molecule has 8 nitrogen and oxygen atoms in total. The number of amides is 2. The summed E-state index contributed by atoms with van der Waals surface area (Å²) in [7, 11) is 0. The third-order valence-corrected chi connectivity index (χ3v) is 5.27. The fourth-order valence-corrected chi connectivity index (χ4v) is 3.58. The number of anilines is 1. The molecule has 2 aromatic rings. The Hall–Kier alpha value is -3.42. The van der Waals surface area contributed by atoms with Gasteiger partial charge >= 0.3 is 0 Å². The van der Waals surface area contributed by atoms with Gasteiger partial charge in [0, 0.05) is 37.8 Å². The molecule has 1 atom stereocenters. The molecule has 1 heterocycles. The molecular weight excluding hydrogens is 384 g/mol. The lowest BCUT2D eigenvalue weighted by molar-refractivity contribution is -0.384. The predicted molar refractivity (Wildman–Crippen MR) is 114 cm³/mol. The van der Waals surface area contributed by atoms with E-state index in [9.17, 15) is 19.7 Å². The van der Waals surface area contributed by atoms with E-state index in [4.69, 9.17) is 0 Å². The van der Waals surface area contributed by atoms with Gasteiger partial charge in [-0.05, 0) is 24.1 Å². The monoisotopic (exact) mass is 410 g/mol. The van der Waals surface area contributed by atoms with Crippen LogP contribution < -0.4 is 10.2 Å². The average Bonchev–Trinajstić information content (AvgIpc) is 2.77. The smallest absolute Gasteiger partial charge is 0.292 e. The molecule has 0 radical (unpaired) electrons. The number of benzene rings is 2. The SMILES string of the molecule is CC(C)C(NC(=O)c1ccccc1)C(=O)N1CCN(c2ccccc2[N+](=O)[O-])CC1. The fraction of sp³-hybridized carbons (Fsp3) is 0.364. The maximum absolute atomic E-state index is 13.1. The highest BCUT2D eigenvalue weighted by molar-refractivity contribution is 5.97. The van der Waals surface area contributed by atoms with Crippen molar-refractivity contribution in [2.24, 2.45) is 5.92 Å². The number of piperazine rings is 1. The number of rotatable bonds is 6. The largest absolute Gasteiger partial charge is 0.362 e. The highest BCUT2D eigenvalue weighted by Crippen LogP contribution is 2.28. The zero-order valence-corrected chi connectivity index (χ0v) is 17.2. The van der Waals surface area contributed by atoms with Crippen molar-refractivity contribution < 1.29 is 14.5 Å². The molecule has 0 aromatic heterocycles. The number of carbonyl (C=O) groups excluding carboxylic acids is 2. The molecule has 8 heteroatoms. The molecule has 0 aliphatic carbocycles. The summed E-state index contributed by atoms with van der Waals surface area (Å²) in [5.41, 5.74) is 1.14. The maximum atomic E-state index is 13.1. The van der Waals surface area contributed by atoms with Gasteiger partial charge in [-0.3, -0.25) is 19.7 Å². The Bertz CT molecular complexity index is 908. The van der Waals surface area contributed by atoms with Crippen LogP contribution in [0, 0.1) is 16.0 Å². The Morgan fingerprint density at radius 2 is 1.57 bits per heavy atom. The Balaban J connectivity index is 1.66. The average molecular weight is 410 g/mol. The minimum atomic E-state index is -0.629. The molecule has 1 N–H and O–H groups in total. The molecule has 3 rings (SSSR count). The van der Waals surface area contributed by atoms with Crippen molar-refractivity contribution >= 4 is 23.2 Å². The Labute approximate surface area is 175 Å². The molecule has 1 fully saturated rings. The molecule has 2 aromatic carbocycles. The number of hydrogen-bond donors (Lipinski definition) is 1. The molecule has 1 aliphatic heterocycles. The van der Waals surface area contributed by atoms with Gasteiger partial charge in [-0.15, -0.1) is 0 Å². The molecule has 0 spiro atoms. The third-order valence-electron chi connectivity index (χ3n) is 5.27. The van der Waals surface area contributed by atoms with Gasteiger partial charge in [-0.1, -0.05) is 44.2 Å². The first-order valence-corrected chi connectivity index (χ1v) is 10.0. The summed E-state index contributed by atoms with van der Waals surface area (Å²) in [5, 5.41) is 14.2. The highest BCUT2D eigenvalue weighted by atomic mass is 16.6. The van der Waals surface area contributed by atoms with Gasteiger partial charge in [0.15, 0.2) is 0 Å². The molecule has 1 saturated heterocycles. The Morgan fingerprint density at radius 3 is 2.17 bits per heavy atom. The van der Waals surface area contributed by atoms with Crippen molar-refractivity contribution in [3.8, 4) is 0 Å². The van der Waals surface area contributed by atoms with E-state index in [1.165, 1.54) is 6.07 Å². The molecule has 158 valence electrons. The quantitative estimate of drug-likeness (QED) is 0.584. The van der Waals surface area contributed by atoms with Crippen LogP contribution in [0.5, 0.6) is 0 Å². The Morgan fingerprint density at radius 1 is 0.967 bits per heavy atom. The second-order valence-electron chi connectivity index (χ2n) is 7.62. The fourth-order valence-electron chi connectivity index (χ4n) is 3.58. The first kappa shape index (κ1) is 21.3. The van der Waals surface area contributed by atoms with Crippen LogP contribution in [0.1, 0.15) is 24.2 Å². The van der Waals surface area contributed by atoms with Crippen LogP contribution in [0.15, 0.2) is 54.6 Å². The molecule has 30 heavy (non-hydrogen) atoms. The first-order chi connectivity index (χ1) is 14.4. The van der Waals surface area contributed by atoms with E-state index in [2.05, 4.69) is 5.32 Å². The maximum Gasteiger partial charge on any atom is 0.292 e. The van der Waals surface area contributed by atoms with E-state index in [0.29, 0.717) is 37.4 Å². The van der Waals surface area contributed by atoms with Crippen LogP contribution in [-0.4, -0.2) is 53.9 Å². The van der Waals surface area contributed by atoms with Crippen LogP contribution in [-0.2, 0) is 4.79 Å². The number of carbonyl (C=O) groups is 2. The number of para-hydroxylation sites is 2. The van der Waals surface area contributed by atoms with Crippen LogP contribution in [0.4, 0.5) is 11.4 Å². The van der Waals surface area contributed by atoms with Crippen molar-refractivity contribution in [2.45, 2.75) is 19.9 Å². The van der Waals surface area contributed by atoms with Crippen molar-refractivity contribution in [3.05, 3.63) is 70.3 Å². The van der Waals surface area contributed by atoms with Crippen LogP contribution in [0.2, 0.25) is 0 Å². The summed E-state index contributed by atoms with van der Waals surface area (Å²) in [4.78, 5) is 40.2. The number of hydrogen-bond acceptors (Lipinski definition) is 5. The highest BCUT2D eigenvalue weighted by Gasteiger charge is 2.32. The lowest BCUT2D eigenvalue weighted by Gasteiger charge is -2.38. The minimum absolute atomic E-state index is 0.0625. The molecule has 0 saturated carbocycles. The number of nitro groups is 1. The molecular formula is C22H26N4O4. The van der Waals surface area contributed by atoms with Gasteiger partial charge in [0.25, 0.3) is 11.6 Å². The van der Waals surface area contributed by atoms with E-state index in [0.717, 1.165) is 0 Å². The molecule has 2 amide bonds. The van der Waals surface area contributed by atoms with Crippen LogP contribution in [0.3, 0.4) is 0 Å². The van der Waals surface area contributed by atoms with Crippen molar-refractivity contribution in [2.75, 3.05) is 31.1 Å². The summed E-state index contributed by atoms with van der Waals surface area (Å²) < 4.78 is 0. The molecule has 0 bridgehead atoms. The normalized spacial score (nSPS) is 15.0. The lowest BCUT2D eigenvalue weighted by atomic mass is 10.0. The van der Waals surface area contributed by atoms with Crippen molar-refractivity contribution in [1.29, 1.82) is 0 Å². The second-order valence-corrected chi connectivity index (χ2v) is 7.62. The summed E-state index contributed by atoms with van der Waals surface area (Å²) in [6.07, 6.45) is 0. The summed E-state index contributed by atoms with van der Waals surface area (Å²) in [5.74, 6) is -0.476. The van der Waals surface area contributed by atoms with E-state index < -0.39 is 6.04 Å². The van der Waals surface area contributed by atoms with Crippen LogP contribution in [0.25, 0.3) is 0 Å². The predicted octanol–water partition coefficient (Wildman–Crippen LogP) is 2.70. The number of nitro benzene ring substituents is 1. The molecule has 1 aliphatic rings. The molecule has 1 unspecified atom stereocenters. The zero-order valence-electron chi connectivity index (χ0n) is 17.2. The summed E-state index contributed by atoms with van der Waals surface area (Å²) >= 11 is 0. The summed E-state index contributed by atoms with van der Waals surface area (Å²) in [6, 6.07) is 14.8. The van der Waals surface area contributed by atoms with E-state index in [-0.39, 0.29) is 28.3 Å². The number of nitrogens with one attached hydrogen (secondary N) is 1.